The molecule has 1 aromatic heterocycles. The van der Waals surface area contributed by atoms with Gasteiger partial charge < -0.3 is 10.3 Å². The molecule has 2 aromatic carbocycles. The lowest BCUT2D eigenvalue weighted by molar-refractivity contribution is 0.102. The number of anilines is 1. The van der Waals surface area contributed by atoms with E-state index in [1.54, 1.807) is 0 Å². The first-order valence-electron chi connectivity index (χ1n) is 7.01. The highest BCUT2D eigenvalue weighted by molar-refractivity contribution is 6.06. The third-order valence-electron chi connectivity index (χ3n) is 3.61. The van der Waals surface area contributed by atoms with E-state index in [9.17, 15) is 4.79 Å². The highest BCUT2D eigenvalue weighted by atomic mass is 16.1. The van der Waals surface area contributed by atoms with Crippen LogP contribution in [0, 0.1) is 20.8 Å². The van der Waals surface area contributed by atoms with Crippen molar-refractivity contribution in [2.45, 2.75) is 20.8 Å². The van der Waals surface area contributed by atoms with Gasteiger partial charge in [-0.1, -0.05) is 18.2 Å². The standard InChI is InChI=1S/C18H18N2O/c1-11-5-4-6-14(8-11)19-18(21)17-10-15-13(3)7-12(2)9-16(15)20-17/h4-10,20H,1-3H3,(H,19,21). The molecule has 0 atom stereocenters. The van der Waals surface area contributed by atoms with Crippen molar-refractivity contribution in [2.75, 3.05) is 5.32 Å². The van der Waals surface area contributed by atoms with Crippen LogP contribution in [-0.4, -0.2) is 10.9 Å². The van der Waals surface area contributed by atoms with Gasteiger partial charge in [0.2, 0.25) is 0 Å². The molecule has 1 heterocycles. The van der Waals surface area contributed by atoms with Crippen LogP contribution in [0.3, 0.4) is 0 Å². The zero-order chi connectivity index (χ0) is 15.0. The second-order valence-electron chi connectivity index (χ2n) is 5.55. The summed E-state index contributed by atoms with van der Waals surface area (Å²) in [7, 11) is 0. The fourth-order valence-electron chi connectivity index (χ4n) is 2.64. The van der Waals surface area contributed by atoms with Crippen molar-refractivity contribution < 1.29 is 4.79 Å². The number of aromatic amines is 1. The normalized spacial score (nSPS) is 10.8. The van der Waals surface area contributed by atoms with E-state index in [0.717, 1.165) is 22.2 Å². The summed E-state index contributed by atoms with van der Waals surface area (Å²) in [6.45, 7) is 6.12. The number of hydrogen-bond donors (Lipinski definition) is 2. The van der Waals surface area contributed by atoms with Crippen molar-refractivity contribution in [2.24, 2.45) is 0 Å². The Hall–Kier alpha value is -2.55. The van der Waals surface area contributed by atoms with Crippen molar-refractivity contribution in [3.8, 4) is 0 Å². The first kappa shape index (κ1) is 13.4. The third-order valence-corrected chi connectivity index (χ3v) is 3.61. The van der Waals surface area contributed by atoms with Gasteiger partial charge in [0, 0.05) is 16.6 Å². The molecular weight excluding hydrogens is 260 g/mol. The summed E-state index contributed by atoms with van der Waals surface area (Å²) in [6.07, 6.45) is 0. The van der Waals surface area contributed by atoms with Crippen molar-refractivity contribution in [1.29, 1.82) is 0 Å². The van der Waals surface area contributed by atoms with E-state index in [-0.39, 0.29) is 5.91 Å². The number of aromatic nitrogens is 1. The molecule has 0 aliphatic carbocycles. The second-order valence-corrected chi connectivity index (χ2v) is 5.55. The molecule has 3 aromatic rings. The first-order chi connectivity index (χ1) is 10.0. The van der Waals surface area contributed by atoms with Gasteiger partial charge in [-0.15, -0.1) is 0 Å². The van der Waals surface area contributed by atoms with Crippen LogP contribution in [0.5, 0.6) is 0 Å². The number of carbonyl (C=O) groups excluding carboxylic acids is 1. The van der Waals surface area contributed by atoms with E-state index in [4.69, 9.17) is 0 Å². The monoisotopic (exact) mass is 278 g/mol. The van der Waals surface area contributed by atoms with Crippen molar-refractivity contribution in [3.63, 3.8) is 0 Å². The number of amides is 1. The first-order valence-corrected chi connectivity index (χ1v) is 7.01. The van der Waals surface area contributed by atoms with Crippen LogP contribution in [0.1, 0.15) is 27.2 Å². The van der Waals surface area contributed by atoms with Crippen molar-refractivity contribution >= 4 is 22.5 Å². The number of aryl methyl sites for hydroxylation is 3. The van der Waals surface area contributed by atoms with Crippen molar-refractivity contribution in [1.82, 2.24) is 4.98 Å². The Morgan fingerprint density at radius 3 is 2.57 bits per heavy atom. The smallest absolute Gasteiger partial charge is 0.272 e. The summed E-state index contributed by atoms with van der Waals surface area (Å²) >= 11 is 0. The molecule has 106 valence electrons. The lowest BCUT2D eigenvalue weighted by Gasteiger charge is -2.04. The average Bonchev–Trinajstić information content (AvgIpc) is 2.83. The second kappa shape index (κ2) is 5.09. The van der Waals surface area contributed by atoms with E-state index in [0.29, 0.717) is 5.69 Å². The number of rotatable bonds is 2. The van der Waals surface area contributed by atoms with Gasteiger partial charge in [-0.25, -0.2) is 0 Å². The van der Waals surface area contributed by atoms with Gasteiger partial charge in [-0.2, -0.15) is 0 Å². The lowest BCUT2D eigenvalue weighted by Crippen LogP contribution is -2.12. The van der Waals surface area contributed by atoms with E-state index in [1.165, 1.54) is 11.1 Å². The molecule has 0 saturated heterocycles. The van der Waals surface area contributed by atoms with Crippen LogP contribution in [0.25, 0.3) is 10.9 Å². The van der Waals surface area contributed by atoms with E-state index in [2.05, 4.69) is 36.3 Å². The SMILES string of the molecule is Cc1cccc(NC(=O)c2cc3c(C)cc(C)cc3[nH]2)c1. The van der Waals surface area contributed by atoms with Gasteiger partial charge >= 0.3 is 0 Å². The molecule has 2 N–H and O–H groups in total. The van der Waals surface area contributed by atoms with Gasteiger partial charge in [0.05, 0.1) is 0 Å². The maximum absolute atomic E-state index is 12.3. The quantitative estimate of drug-likeness (QED) is 0.719. The molecule has 0 spiro atoms. The molecule has 0 fully saturated rings. The Balaban J connectivity index is 1.93. The fraction of sp³-hybridized carbons (Fsp3) is 0.167. The molecule has 0 radical (unpaired) electrons. The Morgan fingerprint density at radius 2 is 1.81 bits per heavy atom. The summed E-state index contributed by atoms with van der Waals surface area (Å²) in [5.74, 6) is -0.117. The molecule has 0 bridgehead atoms. The van der Waals surface area contributed by atoms with Gasteiger partial charge in [0.15, 0.2) is 0 Å². The molecule has 3 heteroatoms. The van der Waals surface area contributed by atoms with Gasteiger partial charge in [-0.05, 0) is 61.7 Å². The Bertz CT molecular complexity index is 830. The lowest BCUT2D eigenvalue weighted by atomic mass is 10.1. The number of benzene rings is 2. The molecule has 21 heavy (non-hydrogen) atoms. The largest absolute Gasteiger partial charge is 0.351 e. The fourth-order valence-corrected chi connectivity index (χ4v) is 2.64. The van der Waals surface area contributed by atoms with Gasteiger partial charge in [0.25, 0.3) is 5.91 Å². The maximum atomic E-state index is 12.3. The minimum Gasteiger partial charge on any atom is -0.351 e. The predicted molar refractivity (Wildman–Crippen MR) is 86.9 cm³/mol. The highest BCUT2D eigenvalue weighted by Crippen LogP contribution is 2.22. The zero-order valence-electron chi connectivity index (χ0n) is 12.4. The van der Waals surface area contributed by atoms with E-state index in [1.807, 2.05) is 37.3 Å². The third kappa shape index (κ3) is 2.68. The maximum Gasteiger partial charge on any atom is 0.272 e. The van der Waals surface area contributed by atoms with Crippen LogP contribution in [0.4, 0.5) is 5.69 Å². The van der Waals surface area contributed by atoms with Crippen LogP contribution in [0.15, 0.2) is 42.5 Å². The topological polar surface area (TPSA) is 44.9 Å². The van der Waals surface area contributed by atoms with Crippen LogP contribution < -0.4 is 5.32 Å². The molecule has 0 aliphatic heterocycles. The van der Waals surface area contributed by atoms with Gasteiger partial charge in [-0.3, -0.25) is 4.79 Å². The number of H-pyrrole nitrogens is 1. The summed E-state index contributed by atoms with van der Waals surface area (Å²) in [5.41, 5.74) is 5.88. The molecule has 0 unspecified atom stereocenters. The predicted octanol–water partition coefficient (Wildman–Crippen LogP) is 4.35. The van der Waals surface area contributed by atoms with Crippen LogP contribution in [0.2, 0.25) is 0 Å². The summed E-state index contributed by atoms with van der Waals surface area (Å²) in [4.78, 5) is 15.5. The molecule has 0 aliphatic rings. The Kier molecular flexibility index (Phi) is 3.26. The van der Waals surface area contributed by atoms with Crippen LogP contribution >= 0.6 is 0 Å². The molecule has 3 nitrogen and oxygen atoms in total. The highest BCUT2D eigenvalue weighted by Gasteiger charge is 2.11. The minimum atomic E-state index is -0.117. The summed E-state index contributed by atoms with van der Waals surface area (Å²) < 4.78 is 0. The zero-order valence-corrected chi connectivity index (χ0v) is 12.4. The average molecular weight is 278 g/mol. The summed E-state index contributed by atoms with van der Waals surface area (Å²) in [6, 6.07) is 13.9. The summed E-state index contributed by atoms with van der Waals surface area (Å²) in [5, 5.41) is 4.02. The van der Waals surface area contributed by atoms with E-state index >= 15 is 0 Å². The number of nitrogens with one attached hydrogen (secondary N) is 2. The number of carbonyl (C=O) groups is 1. The van der Waals surface area contributed by atoms with Crippen LogP contribution in [-0.2, 0) is 0 Å². The molecule has 1 amide bonds. The van der Waals surface area contributed by atoms with Crippen molar-refractivity contribution in [3.05, 3.63) is 64.8 Å². The molecular formula is C18H18N2O. The Morgan fingerprint density at radius 1 is 1.00 bits per heavy atom. The molecule has 0 saturated carbocycles. The minimum absolute atomic E-state index is 0.117. The van der Waals surface area contributed by atoms with Gasteiger partial charge in [0.1, 0.15) is 5.69 Å². The van der Waals surface area contributed by atoms with E-state index < -0.39 is 0 Å². The number of fused-ring (bicyclic) bond motifs is 1. The Labute approximate surface area is 124 Å². The number of hydrogen-bond acceptors (Lipinski definition) is 1. The molecule has 3 rings (SSSR count).